The lowest BCUT2D eigenvalue weighted by molar-refractivity contribution is 0.143. The number of oxazole rings is 1. The Hall–Kier alpha value is -0.830. The van der Waals surface area contributed by atoms with Crippen LogP contribution >= 0.6 is 24.0 Å². The Balaban J connectivity index is 0.00000441. The van der Waals surface area contributed by atoms with Gasteiger partial charge in [0.15, 0.2) is 5.96 Å². The standard InChI is InChI=1S/C15H28N4O2.HI/c1-5-16-15(17-9-7-8-10-20-6-2)18-11-14-19-12(3)13(4)21-14;/h5-11H2,1-4H3,(H2,16,17,18);1H. The molecule has 128 valence electrons. The minimum atomic E-state index is 0. The predicted molar refractivity (Wildman–Crippen MR) is 99.9 cm³/mol. The molecule has 0 spiro atoms. The van der Waals surface area contributed by atoms with Gasteiger partial charge in [-0.2, -0.15) is 0 Å². The largest absolute Gasteiger partial charge is 0.444 e. The van der Waals surface area contributed by atoms with E-state index in [4.69, 9.17) is 9.15 Å². The number of aromatic nitrogens is 1. The maximum absolute atomic E-state index is 5.52. The molecule has 0 aliphatic carbocycles. The summed E-state index contributed by atoms with van der Waals surface area (Å²) in [6.07, 6.45) is 2.11. The SMILES string of the molecule is CCNC(=NCc1nc(C)c(C)o1)NCCCCOCC.I. The van der Waals surface area contributed by atoms with Crippen LogP contribution in [0.5, 0.6) is 0 Å². The average molecular weight is 424 g/mol. The third-order valence-corrected chi connectivity index (χ3v) is 3.00. The van der Waals surface area contributed by atoms with E-state index < -0.39 is 0 Å². The molecule has 2 N–H and O–H groups in total. The average Bonchev–Trinajstić information content (AvgIpc) is 2.79. The fourth-order valence-electron chi connectivity index (χ4n) is 1.78. The number of hydrogen-bond donors (Lipinski definition) is 2. The van der Waals surface area contributed by atoms with Crippen LogP contribution in [0.3, 0.4) is 0 Å². The van der Waals surface area contributed by atoms with Gasteiger partial charge in [0, 0.05) is 26.3 Å². The topological polar surface area (TPSA) is 71.7 Å². The van der Waals surface area contributed by atoms with Crippen molar-refractivity contribution in [3.05, 3.63) is 17.3 Å². The Morgan fingerprint density at radius 3 is 2.59 bits per heavy atom. The fraction of sp³-hybridized carbons (Fsp3) is 0.733. The van der Waals surface area contributed by atoms with Crippen molar-refractivity contribution >= 4 is 29.9 Å². The Morgan fingerprint density at radius 1 is 1.23 bits per heavy atom. The molecule has 1 heterocycles. The Morgan fingerprint density at radius 2 is 2.00 bits per heavy atom. The second kappa shape index (κ2) is 12.7. The summed E-state index contributed by atoms with van der Waals surface area (Å²) in [7, 11) is 0. The minimum Gasteiger partial charge on any atom is -0.444 e. The summed E-state index contributed by atoms with van der Waals surface area (Å²) in [5.74, 6) is 2.30. The summed E-state index contributed by atoms with van der Waals surface area (Å²) in [5.41, 5.74) is 0.925. The molecule has 0 aromatic carbocycles. The molecular formula is C15H29IN4O2. The van der Waals surface area contributed by atoms with E-state index >= 15 is 0 Å². The molecule has 0 radical (unpaired) electrons. The number of aryl methyl sites for hydroxylation is 2. The van der Waals surface area contributed by atoms with Gasteiger partial charge in [-0.15, -0.1) is 24.0 Å². The van der Waals surface area contributed by atoms with Gasteiger partial charge in [-0.25, -0.2) is 9.98 Å². The highest BCUT2D eigenvalue weighted by atomic mass is 127. The van der Waals surface area contributed by atoms with E-state index in [0.29, 0.717) is 12.4 Å². The second-order valence-electron chi connectivity index (χ2n) is 4.78. The summed E-state index contributed by atoms with van der Waals surface area (Å²) < 4.78 is 10.8. The third kappa shape index (κ3) is 8.57. The van der Waals surface area contributed by atoms with Crippen LogP contribution in [0.15, 0.2) is 9.41 Å². The predicted octanol–water partition coefficient (Wildman–Crippen LogP) is 2.78. The molecule has 7 heteroatoms. The van der Waals surface area contributed by atoms with Crippen molar-refractivity contribution < 1.29 is 9.15 Å². The van der Waals surface area contributed by atoms with Gasteiger partial charge >= 0.3 is 0 Å². The molecule has 0 bridgehead atoms. The summed E-state index contributed by atoms with van der Waals surface area (Å²) >= 11 is 0. The highest BCUT2D eigenvalue weighted by Gasteiger charge is 2.05. The quantitative estimate of drug-likeness (QED) is 0.276. The van der Waals surface area contributed by atoms with Crippen molar-refractivity contribution in [2.45, 2.75) is 47.1 Å². The molecule has 6 nitrogen and oxygen atoms in total. The zero-order valence-electron chi connectivity index (χ0n) is 14.1. The van der Waals surface area contributed by atoms with Gasteiger partial charge in [-0.1, -0.05) is 0 Å². The van der Waals surface area contributed by atoms with Crippen LogP contribution in [0.4, 0.5) is 0 Å². The van der Waals surface area contributed by atoms with Crippen LogP contribution in [0, 0.1) is 13.8 Å². The molecule has 0 atom stereocenters. The lowest BCUT2D eigenvalue weighted by Crippen LogP contribution is -2.37. The molecule has 1 aromatic heterocycles. The van der Waals surface area contributed by atoms with Crippen LogP contribution in [0.2, 0.25) is 0 Å². The van der Waals surface area contributed by atoms with Gasteiger partial charge in [0.2, 0.25) is 5.89 Å². The lowest BCUT2D eigenvalue weighted by Gasteiger charge is -2.10. The molecule has 0 aliphatic heterocycles. The van der Waals surface area contributed by atoms with Crippen molar-refractivity contribution in [1.29, 1.82) is 0 Å². The lowest BCUT2D eigenvalue weighted by atomic mass is 10.3. The number of ether oxygens (including phenoxy) is 1. The molecule has 1 rings (SSSR count). The minimum absolute atomic E-state index is 0. The van der Waals surface area contributed by atoms with Gasteiger partial charge in [0.25, 0.3) is 0 Å². The molecule has 0 saturated heterocycles. The summed E-state index contributed by atoms with van der Waals surface area (Å²) in [6, 6.07) is 0. The van der Waals surface area contributed by atoms with Crippen LogP contribution in [-0.2, 0) is 11.3 Å². The first kappa shape index (κ1) is 21.2. The van der Waals surface area contributed by atoms with Crippen LogP contribution in [0.1, 0.15) is 44.0 Å². The Kier molecular flexibility index (Phi) is 12.2. The number of rotatable bonds is 9. The first-order valence-corrected chi connectivity index (χ1v) is 7.70. The van der Waals surface area contributed by atoms with E-state index in [0.717, 1.165) is 56.6 Å². The highest BCUT2D eigenvalue weighted by molar-refractivity contribution is 14.0. The summed E-state index contributed by atoms with van der Waals surface area (Å²) in [6.45, 7) is 11.7. The highest BCUT2D eigenvalue weighted by Crippen LogP contribution is 2.08. The smallest absolute Gasteiger partial charge is 0.216 e. The normalized spacial score (nSPS) is 11.2. The number of unbranched alkanes of at least 4 members (excludes halogenated alkanes) is 1. The van der Waals surface area contributed by atoms with Crippen molar-refractivity contribution in [1.82, 2.24) is 15.6 Å². The number of guanidine groups is 1. The van der Waals surface area contributed by atoms with Gasteiger partial charge in [0.05, 0.1) is 5.69 Å². The van der Waals surface area contributed by atoms with Gasteiger partial charge < -0.3 is 19.8 Å². The maximum atomic E-state index is 5.52. The van der Waals surface area contributed by atoms with Crippen molar-refractivity contribution in [2.75, 3.05) is 26.3 Å². The first-order chi connectivity index (χ1) is 10.2. The summed E-state index contributed by atoms with van der Waals surface area (Å²) in [4.78, 5) is 8.81. The third-order valence-electron chi connectivity index (χ3n) is 3.00. The molecule has 0 saturated carbocycles. The van der Waals surface area contributed by atoms with E-state index in [1.54, 1.807) is 0 Å². The molecule has 0 aliphatic rings. The Labute approximate surface area is 150 Å². The van der Waals surface area contributed by atoms with E-state index in [9.17, 15) is 0 Å². The van der Waals surface area contributed by atoms with Crippen molar-refractivity contribution in [3.8, 4) is 0 Å². The second-order valence-corrected chi connectivity index (χ2v) is 4.78. The van der Waals surface area contributed by atoms with Crippen molar-refractivity contribution in [3.63, 3.8) is 0 Å². The van der Waals surface area contributed by atoms with Crippen LogP contribution in [-0.4, -0.2) is 37.2 Å². The molecule has 1 aromatic rings. The molecular weight excluding hydrogens is 395 g/mol. The van der Waals surface area contributed by atoms with E-state index in [1.807, 2.05) is 27.7 Å². The fourth-order valence-corrected chi connectivity index (χ4v) is 1.78. The molecule has 0 amide bonds. The first-order valence-electron chi connectivity index (χ1n) is 7.70. The van der Waals surface area contributed by atoms with Crippen molar-refractivity contribution in [2.24, 2.45) is 4.99 Å². The van der Waals surface area contributed by atoms with E-state index in [2.05, 4.69) is 20.6 Å². The van der Waals surface area contributed by atoms with Gasteiger partial charge in [0.1, 0.15) is 12.3 Å². The van der Waals surface area contributed by atoms with Gasteiger partial charge in [-0.05, 0) is 40.5 Å². The zero-order chi connectivity index (χ0) is 15.5. The maximum Gasteiger partial charge on any atom is 0.216 e. The number of hydrogen-bond acceptors (Lipinski definition) is 4. The zero-order valence-corrected chi connectivity index (χ0v) is 16.4. The summed E-state index contributed by atoms with van der Waals surface area (Å²) in [5, 5.41) is 6.52. The number of nitrogens with zero attached hydrogens (tertiary/aromatic N) is 2. The monoisotopic (exact) mass is 424 g/mol. The molecule has 22 heavy (non-hydrogen) atoms. The number of halogens is 1. The number of aliphatic imine (C=N–C) groups is 1. The molecule has 0 fully saturated rings. The van der Waals surface area contributed by atoms with Crippen LogP contribution in [0.25, 0.3) is 0 Å². The van der Waals surface area contributed by atoms with E-state index in [-0.39, 0.29) is 24.0 Å². The number of nitrogens with one attached hydrogen (secondary N) is 2. The van der Waals surface area contributed by atoms with E-state index in [1.165, 1.54) is 0 Å². The Bertz CT molecular complexity index is 416. The van der Waals surface area contributed by atoms with Gasteiger partial charge in [-0.3, -0.25) is 0 Å². The molecule has 0 unspecified atom stereocenters. The van der Waals surface area contributed by atoms with Crippen LogP contribution < -0.4 is 10.6 Å².